The molecule has 0 aromatic carbocycles. The van der Waals surface area contributed by atoms with Crippen LogP contribution in [-0.4, -0.2) is 28.2 Å². The first-order chi connectivity index (χ1) is 11.8. The lowest BCUT2D eigenvalue weighted by Crippen LogP contribution is -2.55. The predicted molar refractivity (Wildman–Crippen MR) is 96.5 cm³/mol. The zero-order chi connectivity index (χ0) is 18.0. The fourth-order valence-corrected chi connectivity index (χ4v) is 7.16. The van der Waals surface area contributed by atoms with Crippen molar-refractivity contribution in [2.24, 2.45) is 34.5 Å². The van der Waals surface area contributed by atoms with Crippen molar-refractivity contribution in [2.45, 2.75) is 64.4 Å². The SMILES string of the molecule is C#C[C@@]1(O)CC[C@H]2[C@@H]3CCC4=CC(=O)C(CO)C[C@]4(C)[C@H]3CC[C@@]21C. The largest absolute Gasteiger partial charge is 0.396 e. The maximum Gasteiger partial charge on any atom is 0.161 e. The molecule has 2 N–H and O–H groups in total. The molecule has 0 radical (unpaired) electrons. The Balaban J connectivity index is 1.70. The summed E-state index contributed by atoms with van der Waals surface area (Å²) in [6.07, 6.45) is 14.2. The number of hydrogen-bond acceptors (Lipinski definition) is 3. The lowest BCUT2D eigenvalue weighted by Gasteiger charge is -2.59. The van der Waals surface area contributed by atoms with E-state index < -0.39 is 5.60 Å². The van der Waals surface area contributed by atoms with Gasteiger partial charge in [0, 0.05) is 11.3 Å². The second-order valence-electron chi connectivity index (χ2n) is 9.49. The molecule has 1 unspecified atom stereocenters. The van der Waals surface area contributed by atoms with Crippen LogP contribution in [0.5, 0.6) is 0 Å². The Morgan fingerprint density at radius 1 is 1.24 bits per heavy atom. The third-order valence-corrected chi connectivity index (χ3v) is 8.74. The Morgan fingerprint density at radius 2 is 1.96 bits per heavy atom. The molecule has 0 spiro atoms. The number of allylic oxidation sites excluding steroid dienone is 1. The molecule has 0 aromatic heterocycles. The average molecular weight is 342 g/mol. The first kappa shape index (κ1) is 17.3. The highest BCUT2D eigenvalue weighted by Gasteiger charge is 2.63. The van der Waals surface area contributed by atoms with E-state index in [2.05, 4.69) is 19.8 Å². The summed E-state index contributed by atoms with van der Waals surface area (Å²) >= 11 is 0. The highest BCUT2D eigenvalue weighted by atomic mass is 16.3. The minimum atomic E-state index is -0.962. The number of carbonyl (C=O) groups excluding carboxylic acids is 1. The number of terminal acetylenes is 1. The molecule has 0 aromatic rings. The number of hydrogen-bond donors (Lipinski definition) is 2. The van der Waals surface area contributed by atoms with Gasteiger partial charge in [0.2, 0.25) is 0 Å². The van der Waals surface area contributed by atoms with Gasteiger partial charge in [0.15, 0.2) is 5.78 Å². The first-order valence-electron chi connectivity index (χ1n) is 9.85. The van der Waals surface area contributed by atoms with Crippen LogP contribution in [0.25, 0.3) is 0 Å². The summed E-state index contributed by atoms with van der Waals surface area (Å²) in [4.78, 5) is 12.2. The van der Waals surface area contributed by atoms with Crippen molar-refractivity contribution in [1.29, 1.82) is 0 Å². The van der Waals surface area contributed by atoms with Crippen molar-refractivity contribution in [2.75, 3.05) is 6.61 Å². The zero-order valence-corrected chi connectivity index (χ0v) is 15.4. The van der Waals surface area contributed by atoms with Gasteiger partial charge in [-0.05, 0) is 74.2 Å². The molecular formula is C22H30O3. The van der Waals surface area contributed by atoms with E-state index in [1.54, 1.807) is 0 Å². The topological polar surface area (TPSA) is 57.5 Å². The van der Waals surface area contributed by atoms with E-state index >= 15 is 0 Å². The monoisotopic (exact) mass is 342 g/mol. The van der Waals surface area contributed by atoms with E-state index in [1.807, 2.05) is 6.08 Å². The quantitative estimate of drug-likeness (QED) is 0.720. The van der Waals surface area contributed by atoms with Gasteiger partial charge in [0.05, 0.1) is 6.61 Å². The Morgan fingerprint density at radius 3 is 2.64 bits per heavy atom. The predicted octanol–water partition coefficient (Wildman–Crippen LogP) is 3.10. The Kier molecular flexibility index (Phi) is 3.77. The summed E-state index contributed by atoms with van der Waals surface area (Å²) in [6.45, 7) is 4.47. The number of fused-ring (bicyclic) bond motifs is 5. The highest BCUT2D eigenvalue weighted by Crippen LogP contribution is 2.67. The molecule has 4 rings (SSSR count). The van der Waals surface area contributed by atoms with Gasteiger partial charge >= 0.3 is 0 Å². The minimum Gasteiger partial charge on any atom is -0.396 e. The molecule has 3 saturated carbocycles. The number of aliphatic hydroxyl groups is 2. The van der Waals surface area contributed by atoms with Crippen LogP contribution in [0.2, 0.25) is 0 Å². The van der Waals surface area contributed by atoms with E-state index in [4.69, 9.17) is 6.42 Å². The second kappa shape index (κ2) is 5.44. The van der Waals surface area contributed by atoms with Crippen molar-refractivity contribution in [3.8, 4) is 12.3 Å². The third kappa shape index (κ3) is 2.10. The molecule has 136 valence electrons. The van der Waals surface area contributed by atoms with Crippen LogP contribution in [-0.2, 0) is 4.79 Å². The van der Waals surface area contributed by atoms with Gasteiger partial charge in [-0.3, -0.25) is 4.79 Å². The molecular weight excluding hydrogens is 312 g/mol. The number of rotatable bonds is 1. The average Bonchev–Trinajstić information content (AvgIpc) is 2.87. The summed E-state index contributed by atoms with van der Waals surface area (Å²) in [6, 6.07) is 0. The maximum atomic E-state index is 12.2. The normalized spacial score (nSPS) is 51.8. The second-order valence-corrected chi connectivity index (χ2v) is 9.49. The van der Waals surface area contributed by atoms with E-state index in [0.29, 0.717) is 24.2 Å². The molecule has 0 amide bonds. The standard InChI is InChI=1S/C22H30O3/c1-4-22(25)10-8-18-16-6-5-15-11-19(24)14(13-23)12-20(15,2)17(16)7-9-21(18,22)3/h1,11,14,16-18,23,25H,5-10,12-13H2,2-3H3/t14?,16-,17+,18+,20+,21+,22-/m1/s1. The lowest BCUT2D eigenvalue weighted by molar-refractivity contribution is -0.126. The van der Waals surface area contributed by atoms with Gasteiger partial charge in [-0.2, -0.15) is 0 Å². The van der Waals surface area contributed by atoms with Crippen LogP contribution in [0.3, 0.4) is 0 Å². The smallest absolute Gasteiger partial charge is 0.161 e. The molecule has 25 heavy (non-hydrogen) atoms. The van der Waals surface area contributed by atoms with Gasteiger partial charge in [0.1, 0.15) is 5.60 Å². The molecule has 0 heterocycles. The molecule has 3 nitrogen and oxygen atoms in total. The fraction of sp³-hybridized carbons (Fsp3) is 0.773. The molecule has 0 aliphatic heterocycles. The summed E-state index contributed by atoms with van der Waals surface area (Å²) in [5.74, 6) is 4.16. The van der Waals surface area contributed by atoms with Gasteiger partial charge in [0.25, 0.3) is 0 Å². The van der Waals surface area contributed by atoms with E-state index in [9.17, 15) is 15.0 Å². The first-order valence-corrected chi connectivity index (χ1v) is 9.85. The molecule has 3 heteroatoms. The summed E-state index contributed by atoms with van der Waals surface area (Å²) in [5, 5.41) is 20.7. The molecule has 4 aliphatic carbocycles. The molecule has 7 atom stereocenters. The van der Waals surface area contributed by atoms with Crippen LogP contribution in [0, 0.1) is 46.8 Å². The van der Waals surface area contributed by atoms with Gasteiger partial charge in [-0.15, -0.1) is 6.42 Å². The third-order valence-electron chi connectivity index (χ3n) is 8.74. The van der Waals surface area contributed by atoms with Crippen LogP contribution < -0.4 is 0 Å². The number of aliphatic hydroxyl groups excluding tert-OH is 1. The van der Waals surface area contributed by atoms with Crippen molar-refractivity contribution in [1.82, 2.24) is 0 Å². The van der Waals surface area contributed by atoms with E-state index in [1.165, 1.54) is 5.57 Å². The number of carbonyl (C=O) groups is 1. The zero-order valence-electron chi connectivity index (χ0n) is 15.4. The van der Waals surface area contributed by atoms with Gasteiger partial charge < -0.3 is 10.2 Å². The van der Waals surface area contributed by atoms with Crippen LogP contribution in [0.4, 0.5) is 0 Å². The highest BCUT2D eigenvalue weighted by molar-refractivity contribution is 5.93. The van der Waals surface area contributed by atoms with Crippen LogP contribution in [0.15, 0.2) is 11.6 Å². The number of ketones is 1. The molecule has 4 aliphatic rings. The summed E-state index contributed by atoms with van der Waals surface area (Å²) < 4.78 is 0. The fourth-order valence-electron chi connectivity index (χ4n) is 7.16. The van der Waals surface area contributed by atoms with Crippen molar-refractivity contribution in [3.05, 3.63) is 11.6 Å². The summed E-state index contributed by atoms with van der Waals surface area (Å²) in [7, 11) is 0. The Labute approximate surface area is 150 Å². The van der Waals surface area contributed by atoms with Crippen molar-refractivity contribution >= 4 is 5.78 Å². The van der Waals surface area contributed by atoms with Gasteiger partial charge in [-0.1, -0.05) is 25.3 Å². The van der Waals surface area contributed by atoms with E-state index in [0.717, 1.165) is 38.5 Å². The van der Waals surface area contributed by atoms with Gasteiger partial charge in [-0.25, -0.2) is 0 Å². The Bertz CT molecular complexity index is 673. The summed E-state index contributed by atoms with van der Waals surface area (Å²) in [5.41, 5.74) is 0.178. The maximum absolute atomic E-state index is 12.2. The molecule has 0 saturated heterocycles. The van der Waals surface area contributed by atoms with E-state index in [-0.39, 0.29) is 29.1 Å². The molecule has 0 bridgehead atoms. The molecule has 3 fully saturated rings. The van der Waals surface area contributed by atoms with Crippen LogP contribution in [0.1, 0.15) is 58.8 Å². The minimum absolute atomic E-state index is 0.0163. The van der Waals surface area contributed by atoms with Crippen molar-refractivity contribution < 1.29 is 15.0 Å². The Hall–Kier alpha value is -1.11. The lowest BCUT2D eigenvalue weighted by atomic mass is 9.46. The van der Waals surface area contributed by atoms with Crippen LogP contribution >= 0.6 is 0 Å². The van der Waals surface area contributed by atoms with Crippen molar-refractivity contribution in [3.63, 3.8) is 0 Å².